The van der Waals surface area contributed by atoms with E-state index in [0.717, 1.165) is 25.8 Å². The number of nitrogens with zero attached hydrogens (tertiary/aromatic N) is 1. The number of benzene rings is 1. The number of nitrogens with one attached hydrogen (secondary N) is 2. The van der Waals surface area contributed by atoms with E-state index in [9.17, 15) is 8.78 Å². The number of guanidine groups is 1. The molecule has 1 aliphatic rings. The summed E-state index contributed by atoms with van der Waals surface area (Å²) < 4.78 is 36.7. The zero-order chi connectivity index (χ0) is 16.7. The largest absolute Gasteiger partial charge is 0.489 e. The molecule has 0 spiro atoms. The lowest BCUT2D eigenvalue weighted by molar-refractivity contribution is -0.0945. The zero-order valence-corrected chi connectivity index (χ0v) is 13.5. The molecule has 1 aromatic rings. The molecule has 1 fully saturated rings. The summed E-state index contributed by atoms with van der Waals surface area (Å²) in [7, 11) is 0. The van der Waals surface area contributed by atoms with Gasteiger partial charge in [0.25, 0.3) is 0 Å². The van der Waals surface area contributed by atoms with Crippen molar-refractivity contribution < 1.29 is 18.3 Å². The van der Waals surface area contributed by atoms with E-state index in [1.807, 2.05) is 6.92 Å². The van der Waals surface area contributed by atoms with Crippen molar-refractivity contribution in [1.82, 2.24) is 10.6 Å². The van der Waals surface area contributed by atoms with E-state index >= 15 is 0 Å². The van der Waals surface area contributed by atoms with Gasteiger partial charge in [0, 0.05) is 18.0 Å². The highest BCUT2D eigenvalue weighted by atomic mass is 19.1. The monoisotopic (exact) mass is 327 g/mol. The maximum absolute atomic E-state index is 13.4. The average molecular weight is 327 g/mol. The second kappa shape index (κ2) is 8.10. The van der Waals surface area contributed by atoms with E-state index in [1.165, 1.54) is 12.1 Å². The minimum Gasteiger partial charge on any atom is -0.489 e. The van der Waals surface area contributed by atoms with Gasteiger partial charge >= 0.3 is 0 Å². The van der Waals surface area contributed by atoms with Crippen molar-refractivity contribution in [3.8, 4) is 5.75 Å². The standard InChI is InChI=1S/C16H23F2N3O2/c1-3-19-15(21-9-16(2)10-22-11-16)20-6-7-23-14-5-4-12(17)8-13(14)18/h4-5,8H,3,6-7,9-11H2,1-2H3,(H2,19,20,21). The lowest BCUT2D eigenvalue weighted by Gasteiger charge is -2.36. The maximum atomic E-state index is 13.4. The molecule has 1 heterocycles. The second-order valence-corrected chi connectivity index (χ2v) is 5.85. The highest BCUT2D eigenvalue weighted by Gasteiger charge is 2.33. The molecule has 1 aliphatic heterocycles. The van der Waals surface area contributed by atoms with Crippen LogP contribution in [0.1, 0.15) is 13.8 Å². The summed E-state index contributed by atoms with van der Waals surface area (Å²) in [6, 6.07) is 3.25. The number of aliphatic imine (C=N–C) groups is 1. The third-order valence-corrected chi connectivity index (χ3v) is 3.41. The Morgan fingerprint density at radius 2 is 2.13 bits per heavy atom. The van der Waals surface area contributed by atoms with Crippen LogP contribution in [-0.2, 0) is 4.74 Å². The summed E-state index contributed by atoms with van der Waals surface area (Å²) >= 11 is 0. The lowest BCUT2D eigenvalue weighted by atomic mass is 9.89. The van der Waals surface area contributed by atoms with Crippen LogP contribution in [-0.4, -0.2) is 45.4 Å². The van der Waals surface area contributed by atoms with Gasteiger partial charge in [0.05, 0.1) is 26.3 Å². The molecular formula is C16H23F2N3O2. The molecule has 5 nitrogen and oxygen atoms in total. The molecule has 1 aromatic carbocycles. The van der Waals surface area contributed by atoms with Crippen LogP contribution in [0.3, 0.4) is 0 Å². The highest BCUT2D eigenvalue weighted by Crippen LogP contribution is 2.26. The third kappa shape index (κ3) is 5.35. The van der Waals surface area contributed by atoms with E-state index in [4.69, 9.17) is 9.47 Å². The van der Waals surface area contributed by atoms with E-state index in [-0.39, 0.29) is 17.8 Å². The lowest BCUT2D eigenvalue weighted by Crippen LogP contribution is -2.45. The summed E-state index contributed by atoms with van der Waals surface area (Å²) in [5.74, 6) is -0.607. The van der Waals surface area contributed by atoms with Gasteiger partial charge in [-0.2, -0.15) is 0 Å². The fourth-order valence-electron chi connectivity index (χ4n) is 2.08. The van der Waals surface area contributed by atoms with Gasteiger partial charge in [-0.05, 0) is 19.1 Å². The Hall–Kier alpha value is -1.89. The fraction of sp³-hybridized carbons (Fsp3) is 0.562. The van der Waals surface area contributed by atoms with Crippen molar-refractivity contribution in [2.45, 2.75) is 13.8 Å². The van der Waals surface area contributed by atoms with Crippen molar-refractivity contribution in [2.24, 2.45) is 10.4 Å². The van der Waals surface area contributed by atoms with Gasteiger partial charge in [-0.25, -0.2) is 8.78 Å². The molecule has 128 valence electrons. The van der Waals surface area contributed by atoms with Gasteiger partial charge in [0.15, 0.2) is 17.5 Å². The Bertz CT molecular complexity index is 548. The molecule has 0 aliphatic carbocycles. The molecule has 1 saturated heterocycles. The van der Waals surface area contributed by atoms with Crippen LogP contribution in [0.25, 0.3) is 0 Å². The first-order valence-electron chi connectivity index (χ1n) is 7.70. The van der Waals surface area contributed by atoms with Gasteiger partial charge in [0.2, 0.25) is 0 Å². The molecule has 0 saturated carbocycles. The Balaban J connectivity index is 1.76. The van der Waals surface area contributed by atoms with Gasteiger partial charge in [0.1, 0.15) is 12.4 Å². The maximum Gasteiger partial charge on any atom is 0.191 e. The van der Waals surface area contributed by atoms with Crippen molar-refractivity contribution >= 4 is 5.96 Å². The van der Waals surface area contributed by atoms with Crippen LogP contribution >= 0.6 is 0 Å². The van der Waals surface area contributed by atoms with Crippen molar-refractivity contribution in [2.75, 3.05) is 39.5 Å². The molecule has 7 heteroatoms. The highest BCUT2D eigenvalue weighted by molar-refractivity contribution is 5.79. The molecule has 0 atom stereocenters. The van der Waals surface area contributed by atoms with Gasteiger partial charge in [-0.1, -0.05) is 6.92 Å². The van der Waals surface area contributed by atoms with E-state index in [2.05, 4.69) is 22.5 Å². The van der Waals surface area contributed by atoms with Crippen LogP contribution in [0.5, 0.6) is 5.75 Å². The predicted molar refractivity (Wildman–Crippen MR) is 84.8 cm³/mol. The number of hydrogen-bond acceptors (Lipinski definition) is 3. The predicted octanol–water partition coefficient (Wildman–Crippen LogP) is 1.94. The summed E-state index contributed by atoms with van der Waals surface area (Å²) in [6.45, 7) is 7.68. The zero-order valence-electron chi connectivity index (χ0n) is 13.5. The van der Waals surface area contributed by atoms with Crippen LogP contribution in [0.15, 0.2) is 23.2 Å². The first-order chi connectivity index (χ1) is 11.0. The number of ether oxygens (including phenoxy) is 2. The SMILES string of the molecule is CCNC(=NCC1(C)COC1)NCCOc1ccc(F)cc1F. The summed E-state index contributed by atoms with van der Waals surface area (Å²) in [6.07, 6.45) is 0. The molecular weight excluding hydrogens is 304 g/mol. The Morgan fingerprint density at radius 3 is 2.74 bits per heavy atom. The summed E-state index contributed by atoms with van der Waals surface area (Å²) in [5, 5.41) is 6.26. The van der Waals surface area contributed by atoms with Gasteiger partial charge < -0.3 is 20.1 Å². The minimum absolute atomic E-state index is 0.0364. The molecule has 0 amide bonds. The summed E-state index contributed by atoms with van der Waals surface area (Å²) in [4.78, 5) is 4.52. The number of halogens is 2. The molecule has 23 heavy (non-hydrogen) atoms. The minimum atomic E-state index is -0.705. The van der Waals surface area contributed by atoms with Crippen LogP contribution in [0, 0.1) is 17.0 Å². The first-order valence-corrected chi connectivity index (χ1v) is 7.70. The Morgan fingerprint density at radius 1 is 1.35 bits per heavy atom. The van der Waals surface area contributed by atoms with E-state index < -0.39 is 11.6 Å². The van der Waals surface area contributed by atoms with E-state index in [1.54, 1.807) is 0 Å². The Kier molecular flexibility index (Phi) is 6.15. The molecule has 2 rings (SSSR count). The smallest absolute Gasteiger partial charge is 0.191 e. The topological polar surface area (TPSA) is 54.9 Å². The van der Waals surface area contributed by atoms with Gasteiger partial charge in [-0.3, -0.25) is 4.99 Å². The molecule has 0 aromatic heterocycles. The summed E-state index contributed by atoms with van der Waals surface area (Å²) in [5.41, 5.74) is 0.107. The number of rotatable bonds is 7. The third-order valence-electron chi connectivity index (χ3n) is 3.41. The van der Waals surface area contributed by atoms with E-state index in [0.29, 0.717) is 19.0 Å². The Labute approximate surface area is 135 Å². The number of hydrogen-bond donors (Lipinski definition) is 2. The van der Waals surface area contributed by atoms with Crippen LogP contribution in [0.4, 0.5) is 8.78 Å². The normalized spacial score (nSPS) is 16.6. The first kappa shape index (κ1) is 17.5. The molecule has 2 N–H and O–H groups in total. The quantitative estimate of drug-likeness (QED) is 0.456. The van der Waals surface area contributed by atoms with Crippen molar-refractivity contribution in [3.63, 3.8) is 0 Å². The van der Waals surface area contributed by atoms with Crippen molar-refractivity contribution in [1.29, 1.82) is 0 Å². The molecule has 0 radical (unpaired) electrons. The average Bonchev–Trinajstić information content (AvgIpc) is 2.48. The van der Waals surface area contributed by atoms with Crippen LogP contribution < -0.4 is 15.4 Å². The fourth-order valence-corrected chi connectivity index (χ4v) is 2.08. The van der Waals surface area contributed by atoms with Crippen molar-refractivity contribution in [3.05, 3.63) is 29.8 Å². The molecule has 0 bridgehead atoms. The second-order valence-electron chi connectivity index (χ2n) is 5.85. The van der Waals surface area contributed by atoms with Crippen LogP contribution in [0.2, 0.25) is 0 Å². The van der Waals surface area contributed by atoms with Gasteiger partial charge in [-0.15, -0.1) is 0 Å². The molecule has 0 unspecified atom stereocenters.